The zero-order chi connectivity index (χ0) is 22.2. The molecule has 0 spiro atoms. The van der Waals surface area contributed by atoms with Gasteiger partial charge in [0.1, 0.15) is 5.75 Å². The van der Waals surface area contributed by atoms with Gasteiger partial charge in [-0.05, 0) is 68.2 Å². The number of halogens is 3. The van der Waals surface area contributed by atoms with Gasteiger partial charge in [0.25, 0.3) is 5.91 Å². The number of thiophene rings is 1. The molecule has 3 aliphatic rings. The van der Waals surface area contributed by atoms with Crippen LogP contribution in [0.5, 0.6) is 10.8 Å². The van der Waals surface area contributed by atoms with E-state index in [-0.39, 0.29) is 17.6 Å². The molecule has 1 aromatic carbocycles. The molecular formula is C19H20F3N3O4S2. The van der Waals surface area contributed by atoms with Crippen molar-refractivity contribution >= 4 is 33.0 Å². The molecular weight excluding hydrogens is 455 g/mol. The Bertz CT molecular complexity index is 1050. The number of hydrogen-bond acceptors (Lipinski definition) is 6. The molecule has 0 saturated carbocycles. The van der Waals surface area contributed by atoms with Crippen LogP contribution >= 0.6 is 11.3 Å². The summed E-state index contributed by atoms with van der Waals surface area (Å²) in [4.78, 5) is 15.4. The third-order valence-electron chi connectivity index (χ3n) is 5.41. The van der Waals surface area contributed by atoms with Crippen molar-refractivity contribution in [3.8, 4) is 10.8 Å². The number of piperidine rings is 3. The molecule has 0 radical (unpaired) electrons. The van der Waals surface area contributed by atoms with Crippen molar-refractivity contribution in [3.05, 3.63) is 41.3 Å². The molecule has 2 aromatic rings. The fourth-order valence-electron chi connectivity index (χ4n) is 3.79. The molecule has 3 fully saturated rings. The quantitative estimate of drug-likeness (QED) is 0.666. The van der Waals surface area contributed by atoms with Crippen LogP contribution in [0.25, 0.3) is 0 Å². The monoisotopic (exact) mass is 475 g/mol. The number of nitrogens with zero attached hydrogens (tertiary/aromatic N) is 1. The van der Waals surface area contributed by atoms with Crippen LogP contribution < -0.4 is 14.8 Å². The van der Waals surface area contributed by atoms with Crippen LogP contribution in [-0.2, 0) is 10.0 Å². The average molecular weight is 476 g/mol. The summed E-state index contributed by atoms with van der Waals surface area (Å²) >= 11 is 1.15. The second-order valence-electron chi connectivity index (χ2n) is 7.51. The van der Waals surface area contributed by atoms with Crippen molar-refractivity contribution in [2.75, 3.05) is 24.4 Å². The van der Waals surface area contributed by atoms with E-state index >= 15 is 0 Å². The Morgan fingerprint density at radius 1 is 1.10 bits per heavy atom. The van der Waals surface area contributed by atoms with Crippen LogP contribution in [-0.4, -0.2) is 50.4 Å². The second-order valence-corrected chi connectivity index (χ2v) is 10.2. The van der Waals surface area contributed by atoms with E-state index in [9.17, 15) is 26.4 Å². The van der Waals surface area contributed by atoms with Gasteiger partial charge >= 0.3 is 15.5 Å². The van der Waals surface area contributed by atoms with Crippen LogP contribution in [0.4, 0.5) is 18.9 Å². The first-order chi connectivity index (χ1) is 14.6. The van der Waals surface area contributed by atoms with Crippen molar-refractivity contribution in [1.29, 1.82) is 0 Å². The molecule has 168 valence electrons. The number of hydrogen-bond donors (Lipinski definition) is 2. The molecule has 3 aliphatic heterocycles. The van der Waals surface area contributed by atoms with Crippen molar-refractivity contribution in [2.24, 2.45) is 5.92 Å². The van der Waals surface area contributed by atoms with Gasteiger partial charge in [-0.3, -0.25) is 9.52 Å². The van der Waals surface area contributed by atoms with E-state index in [1.165, 1.54) is 16.9 Å². The lowest BCUT2D eigenvalue weighted by Gasteiger charge is -2.44. The predicted molar refractivity (Wildman–Crippen MR) is 110 cm³/mol. The van der Waals surface area contributed by atoms with E-state index in [0.29, 0.717) is 21.6 Å². The van der Waals surface area contributed by atoms with Crippen molar-refractivity contribution in [2.45, 2.75) is 24.4 Å². The number of ether oxygens (including phenoxy) is 1. The first-order valence-electron chi connectivity index (χ1n) is 9.61. The third-order valence-corrected chi connectivity index (χ3v) is 7.48. The highest BCUT2D eigenvalue weighted by Crippen LogP contribution is 2.32. The third kappa shape index (κ3) is 4.96. The van der Waals surface area contributed by atoms with E-state index in [1.54, 1.807) is 12.1 Å². The van der Waals surface area contributed by atoms with Crippen LogP contribution in [0.3, 0.4) is 0 Å². The van der Waals surface area contributed by atoms with E-state index in [1.807, 2.05) is 0 Å². The zero-order valence-electron chi connectivity index (χ0n) is 16.2. The van der Waals surface area contributed by atoms with Crippen molar-refractivity contribution in [1.82, 2.24) is 10.2 Å². The summed E-state index contributed by atoms with van der Waals surface area (Å²) in [6, 6.07) is 8.43. The molecule has 0 aliphatic carbocycles. The van der Waals surface area contributed by atoms with Gasteiger partial charge in [-0.1, -0.05) is 11.3 Å². The lowest BCUT2D eigenvalue weighted by atomic mass is 9.84. The Balaban J connectivity index is 1.35. The summed E-state index contributed by atoms with van der Waals surface area (Å²) in [7, 11) is -5.48. The average Bonchev–Trinajstić information content (AvgIpc) is 3.18. The molecule has 4 heterocycles. The summed E-state index contributed by atoms with van der Waals surface area (Å²) < 4.78 is 66.7. The fraction of sp³-hybridized carbons (Fsp3) is 0.421. The second kappa shape index (κ2) is 8.32. The number of carbonyl (C=O) groups excluding carboxylic acids is 1. The highest BCUT2D eigenvalue weighted by Gasteiger charge is 2.46. The number of benzene rings is 1. The van der Waals surface area contributed by atoms with Crippen LogP contribution in [0.15, 0.2) is 36.4 Å². The number of sulfonamides is 1. The van der Waals surface area contributed by atoms with Gasteiger partial charge in [0.2, 0.25) is 0 Å². The summed E-state index contributed by atoms with van der Waals surface area (Å²) in [5.74, 6) is 0.648. The molecule has 3 saturated heterocycles. The normalized spacial score (nSPS) is 23.4. The standard InChI is InChI=1S/C19H20F3N3O4S2/c20-19(21,22)31(27,28)24-13-1-3-14(4-2-13)29-17-6-5-16(30-17)18(26)23-15-11-25-9-7-12(15)8-10-25/h1-6,12,15,24H,7-11H2,(H,23,26). The van der Waals surface area contributed by atoms with E-state index in [4.69, 9.17) is 4.74 Å². The van der Waals surface area contributed by atoms with Gasteiger partial charge < -0.3 is 15.0 Å². The Morgan fingerprint density at radius 3 is 2.35 bits per heavy atom. The minimum absolute atomic E-state index is 0.148. The van der Waals surface area contributed by atoms with Gasteiger partial charge in [0.05, 0.1) is 4.88 Å². The van der Waals surface area contributed by atoms with Crippen LogP contribution in [0.1, 0.15) is 22.5 Å². The van der Waals surface area contributed by atoms with Gasteiger partial charge in [0.15, 0.2) is 5.06 Å². The zero-order valence-corrected chi connectivity index (χ0v) is 17.8. The summed E-state index contributed by atoms with van der Waals surface area (Å²) in [6.45, 7) is 3.05. The summed E-state index contributed by atoms with van der Waals surface area (Å²) in [6.07, 6.45) is 2.19. The van der Waals surface area contributed by atoms with Crippen LogP contribution in [0, 0.1) is 5.92 Å². The Morgan fingerprint density at radius 2 is 1.77 bits per heavy atom. The van der Waals surface area contributed by atoms with E-state index in [2.05, 4.69) is 10.2 Å². The van der Waals surface area contributed by atoms with E-state index < -0.39 is 15.5 Å². The Kier molecular flexibility index (Phi) is 5.88. The van der Waals surface area contributed by atoms with Gasteiger partial charge in [-0.25, -0.2) is 0 Å². The molecule has 2 bridgehead atoms. The molecule has 1 atom stereocenters. The maximum absolute atomic E-state index is 12.6. The number of amides is 1. The first kappa shape index (κ1) is 21.9. The number of rotatable bonds is 6. The molecule has 1 unspecified atom stereocenters. The molecule has 1 amide bonds. The largest absolute Gasteiger partial charge is 0.516 e. The molecule has 5 rings (SSSR count). The fourth-order valence-corrected chi connectivity index (χ4v) is 5.13. The number of anilines is 1. The Labute approximate surface area is 181 Å². The maximum atomic E-state index is 12.6. The first-order valence-corrected chi connectivity index (χ1v) is 11.9. The molecule has 1 aromatic heterocycles. The van der Waals surface area contributed by atoms with Crippen molar-refractivity contribution in [3.63, 3.8) is 0 Å². The highest BCUT2D eigenvalue weighted by molar-refractivity contribution is 7.93. The SMILES string of the molecule is O=C(NC1CN2CCC1CC2)c1ccc(Oc2ccc(NS(=O)(=O)C(F)(F)F)cc2)s1. The lowest BCUT2D eigenvalue weighted by molar-refractivity contribution is -0.0429. The molecule has 7 nitrogen and oxygen atoms in total. The van der Waals surface area contributed by atoms with E-state index in [0.717, 1.165) is 55.9 Å². The number of alkyl halides is 3. The predicted octanol–water partition coefficient (Wildman–Crippen LogP) is 3.63. The van der Waals surface area contributed by atoms with Crippen LogP contribution in [0.2, 0.25) is 0 Å². The number of carbonyl (C=O) groups is 1. The number of nitrogens with one attached hydrogen (secondary N) is 2. The van der Waals surface area contributed by atoms with Gasteiger partial charge in [0, 0.05) is 18.3 Å². The summed E-state index contributed by atoms with van der Waals surface area (Å²) in [5.41, 5.74) is -5.64. The van der Waals surface area contributed by atoms with Gasteiger partial charge in [-0.15, -0.1) is 0 Å². The molecule has 2 N–H and O–H groups in total. The number of fused-ring (bicyclic) bond motifs is 3. The molecule has 12 heteroatoms. The molecule has 31 heavy (non-hydrogen) atoms. The summed E-state index contributed by atoms with van der Waals surface area (Å²) in [5, 5.41) is 3.54. The maximum Gasteiger partial charge on any atom is 0.516 e. The highest BCUT2D eigenvalue weighted by atomic mass is 32.2. The van der Waals surface area contributed by atoms with Gasteiger partial charge in [-0.2, -0.15) is 21.6 Å². The lowest BCUT2D eigenvalue weighted by Crippen LogP contribution is -2.57. The Hall–Kier alpha value is -2.31. The topological polar surface area (TPSA) is 87.7 Å². The minimum Gasteiger partial charge on any atom is -0.447 e. The minimum atomic E-state index is -5.48. The smallest absolute Gasteiger partial charge is 0.447 e. The van der Waals surface area contributed by atoms with Crippen molar-refractivity contribution < 1.29 is 31.1 Å².